The molecule has 0 N–H and O–H groups in total. The molecule has 1 aliphatic heterocycles. The summed E-state index contributed by atoms with van der Waals surface area (Å²) in [7, 11) is 1.18. The molecule has 1 rings (SSSR count). The maximum atomic E-state index is 11.1. The van der Waals surface area contributed by atoms with Crippen molar-refractivity contribution in [1.29, 1.82) is 10.5 Å². The summed E-state index contributed by atoms with van der Waals surface area (Å²) in [4.78, 5) is 11.1. The largest absolute Gasteiger partial charge is 0.495 e. The Morgan fingerprint density at radius 1 is 1.64 bits per heavy atom. The molecular formula is C9H8N2O3. The topological polar surface area (TPSA) is 83.1 Å². The van der Waals surface area contributed by atoms with Crippen molar-refractivity contribution < 1.29 is 14.3 Å². The minimum Gasteiger partial charge on any atom is -0.495 e. The summed E-state index contributed by atoms with van der Waals surface area (Å²) >= 11 is 0. The standard InChI is InChI=1S/C9H8N2O3/c1-13-9(12)7(5-11)8-6(4-10)2-3-14-8/h6H,2-3H2,1H3/b8-7+. The lowest BCUT2D eigenvalue weighted by Gasteiger charge is -2.03. The van der Waals surface area contributed by atoms with Crippen LogP contribution in [-0.4, -0.2) is 19.7 Å². The summed E-state index contributed by atoms with van der Waals surface area (Å²) in [6.45, 7) is 0.357. The summed E-state index contributed by atoms with van der Waals surface area (Å²) in [6, 6.07) is 3.65. The SMILES string of the molecule is COC(=O)/C(C#N)=C1/OCCC1C#N. The van der Waals surface area contributed by atoms with Gasteiger partial charge in [0.1, 0.15) is 17.7 Å². The van der Waals surface area contributed by atoms with Crippen molar-refractivity contribution in [2.45, 2.75) is 6.42 Å². The Kier molecular flexibility index (Phi) is 3.09. The van der Waals surface area contributed by atoms with Crippen LogP contribution >= 0.6 is 0 Å². The highest BCUT2D eigenvalue weighted by Gasteiger charge is 2.29. The van der Waals surface area contributed by atoms with Gasteiger partial charge in [0.25, 0.3) is 0 Å². The van der Waals surface area contributed by atoms with Gasteiger partial charge in [-0.2, -0.15) is 10.5 Å². The van der Waals surface area contributed by atoms with Crippen LogP contribution < -0.4 is 0 Å². The lowest BCUT2D eigenvalue weighted by molar-refractivity contribution is -0.135. The van der Waals surface area contributed by atoms with Crippen molar-refractivity contribution in [1.82, 2.24) is 0 Å². The highest BCUT2D eigenvalue weighted by molar-refractivity contribution is 5.93. The number of ether oxygens (including phenoxy) is 2. The maximum Gasteiger partial charge on any atom is 0.352 e. The predicted molar refractivity (Wildman–Crippen MR) is 44.3 cm³/mol. The molecule has 0 saturated carbocycles. The lowest BCUT2D eigenvalue weighted by atomic mass is 10.0. The molecule has 0 aromatic carbocycles. The van der Waals surface area contributed by atoms with E-state index in [0.717, 1.165) is 0 Å². The minimum atomic E-state index is -0.760. The predicted octanol–water partition coefficient (Wildman–Crippen LogP) is 0.497. The van der Waals surface area contributed by atoms with Crippen molar-refractivity contribution in [2.24, 2.45) is 5.92 Å². The second kappa shape index (κ2) is 4.29. The number of hydrogen-bond acceptors (Lipinski definition) is 5. The van der Waals surface area contributed by atoms with Gasteiger partial charge in [-0.05, 0) is 0 Å². The number of carbonyl (C=O) groups excluding carboxylic acids is 1. The van der Waals surface area contributed by atoms with Crippen LogP contribution in [0.2, 0.25) is 0 Å². The quantitative estimate of drug-likeness (QED) is 0.343. The third-order valence-electron chi connectivity index (χ3n) is 1.88. The monoisotopic (exact) mass is 192 g/mol. The van der Waals surface area contributed by atoms with Gasteiger partial charge in [-0.3, -0.25) is 0 Å². The van der Waals surface area contributed by atoms with Crippen molar-refractivity contribution in [3.63, 3.8) is 0 Å². The molecule has 5 heteroatoms. The third-order valence-corrected chi connectivity index (χ3v) is 1.88. The van der Waals surface area contributed by atoms with Crippen molar-refractivity contribution >= 4 is 5.97 Å². The number of nitriles is 2. The molecule has 1 atom stereocenters. The van der Waals surface area contributed by atoms with E-state index in [9.17, 15) is 4.79 Å². The fourth-order valence-electron chi connectivity index (χ4n) is 1.19. The number of hydrogen-bond donors (Lipinski definition) is 0. The van der Waals surface area contributed by atoms with Crippen molar-refractivity contribution in [2.75, 3.05) is 13.7 Å². The van der Waals surface area contributed by atoms with E-state index < -0.39 is 11.9 Å². The average Bonchev–Trinajstić information content (AvgIpc) is 2.66. The molecule has 1 aliphatic rings. The van der Waals surface area contributed by atoms with Crippen LogP contribution in [-0.2, 0) is 14.3 Å². The molecule has 14 heavy (non-hydrogen) atoms. The summed E-state index contributed by atoms with van der Waals surface area (Å²) < 4.78 is 9.47. The first kappa shape index (κ1) is 10.1. The molecule has 1 fully saturated rings. The molecule has 0 spiro atoms. The number of allylic oxidation sites excluding steroid dienone is 1. The zero-order chi connectivity index (χ0) is 10.6. The zero-order valence-electron chi connectivity index (χ0n) is 7.61. The number of esters is 1. The number of methoxy groups -OCH3 is 1. The molecule has 0 amide bonds. The van der Waals surface area contributed by atoms with Gasteiger partial charge in [0.05, 0.1) is 19.8 Å². The van der Waals surface area contributed by atoms with Crippen LogP contribution in [0.15, 0.2) is 11.3 Å². The lowest BCUT2D eigenvalue weighted by Crippen LogP contribution is -2.09. The van der Waals surface area contributed by atoms with Gasteiger partial charge >= 0.3 is 5.97 Å². The Morgan fingerprint density at radius 3 is 2.86 bits per heavy atom. The molecule has 1 heterocycles. The summed E-state index contributed by atoms with van der Waals surface area (Å²) in [5.74, 6) is -1.13. The number of rotatable bonds is 1. The maximum absolute atomic E-state index is 11.1. The van der Waals surface area contributed by atoms with E-state index in [1.54, 1.807) is 6.07 Å². The third kappa shape index (κ3) is 1.67. The van der Waals surface area contributed by atoms with Crippen molar-refractivity contribution in [3.05, 3.63) is 11.3 Å². The van der Waals surface area contributed by atoms with Gasteiger partial charge in [0, 0.05) is 6.42 Å². The van der Waals surface area contributed by atoms with E-state index >= 15 is 0 Å². The van der Waals surface area contributed by atoms with Crippen LogP contribution in [0.3, 0.4) is 0 Å². The second-order valence-corrected chi connectivity index (χ2v) is 2.66. The highest BCUT2D eigenvalue weighted by Crippen LogP contribution is 2.27. The van der Waals surface area contributed by atoms with Crippen LogP contribution in [0.25, 0.3) is 0 Å². The Balaban J connectivity index is 3.07. The van der Waals surface area contributed by atoms with E-state index in [-0.39, 0.29) is 11.3 Å². The zero-order valence-corrected chi connectivity index (χ0v) is 7.61. The second-order valence-electron chi connectivity index (χ2n) is 2.66. The molecule has 5 nitrogen and oxygen atoms in total. The molecule has 0 radical (unpaired) electrons. The number of nitrogens with zero attached hydrogens (tertiary/aromatic N) is 2. The van der Waals surface area contributed by atoms with Crippen LogP contribution in [0.5, 0.6) is 0 Å². The first-order valence-corrected chi connectivity index (χ1v) is 3.99. The molecule has 1 saturated heterocycles. The summed E-state index contributed by atoms with van der Waals surface area (Å²) in [6.07, 6.45) is 0.508. The fraction of sp³-hybridized carbons (Fsp3) is 0.444. The van der Waals surface area contributed by atoms with E-state index in [2.05, 4.69) is 4.74 Å². The number of carbonyl (C=O) groups is 1. The van der Waals surface area contributed by atoms with Crippen LogP contribution in [0.1, 0.15) is 6.42 Å². The smallest absolute Gasteiger partial charge is 0.352 e. The van der Waals surface area contributed by atoms with E-state index in [4.69, 9.17) is 15.3 Å². The molecule has 72 valence electrons. The Labute approximate surface area is 81.1 Å². The van der Waals surface area contributed by atoms with Crippen LogP contribution in [0.4, 0.5) is 0 Å². The van der Waals surface area contributed by atoms with Crippen molar-refractivity contribution in [3.8, 4) is 12.1 Å². The molecule has 1 unspecified atom stereocenters. The van der Waals surface area contributed by atoms with Gasteiger partial charge in [-0.15, -0.1) is 0 Å². The Hall–Kier alpha value is -2.01. The Morgan fingerprint density at radius 2 is 2.36 bits per heavy atom. The normalized spacial score (nSPS) is 22.9. The van der Waals surface area contributed by atoms with Gasteiger partial charge in [-0.25, -0.2) is 4.79 Å². The average molecular weight is 192 g/mol. The van der Waals surface area contributed by atoms with Crippen LogP contribution in [0, 0.1) is 28.6 Å². The fourth-order valence-corrected chi connectivity index (χ4v) is 1.19. The van der Waals surface area contributed by atoms with E-state index in [0.29, 0.717) is 13.0 Å². The molecule has 0 aromatic heterocycles. The highest BCUT2D eigenvalue weighted by atomic mass is 16.5. The van der Waals surface area contributed by atoms with E-state index in [1.807, 2.05) is 6.07 Å². The molecule has 0 aromatic rings. The van der Waals surface area contributed by atoms with E-state index in [1.165, 1.54) is 7.11 Å². The first-order valence-electron chi connectivity index (χ1n) is 3.99. The molecule has 0 bridgehead atoms. The van der Waals surface area contributed by atoms with Gasteiger partial charge in [-0.1, -0.05) is 0 Å². The minimum absolute atomic E-state index is 0.141. The molecule has 0 aliphatic carbocycles. The summed E-state index contributed by atoms with van der Waals surface area (Å²) in [5, 5.41) is 17.4. The van der Waals surface area contributed by atoms with Gasteiger partial charge in [0.2, 0.25) is 0 Å². The first-order chi connectivity index (χ1) is 6.74. The van der Waals surface area contributed by atoms with Gasteiger partial charge < -0.3 is 9.47 Å². The van der Waals surface area contributed by atoms with Gasteiger partial charge in [0.15, 0.2) is 5.57 Å². The molecular weight excluding hydrogens is 184 g/mol. The Bertz CT molecular complexity index is 359. The summed E-state index contributed by atoms with van der Waals surface area (Å²) in [5.41, 5.74) is -0.212.